The van der Waals surface area contributed by atoms with Crippen molar-refractivity contribution in [3.05, 3.63) is 34.2 Å². The van der Waals surface area contributed by atoms with Gasteiger partial charge in [-0.3, -0.25) is 4.79 Å². The molecular formula is C12H12O3S. The van der Waals surface area contributed by atoms with E-state index in [1.165, 1.54) is 6.92 Å². The van der Waals surface area contributed by atoms with Gasteiger partial charge in [-0.15, -0.1) is 0 Å². The summed E-state index contributed by atoms with van der Waals surface area (Å²) in [5.74, 6) is -0.139. The monoisotopic (exact) mass is 236 g/mol. The van der Waals surface area contributed by atoms with Gasteiger partial charge < -0.3 is 0 Å². The molecular weight excluding hydrogens is 224 g/mol. The van der Waals surface area contributed by atoms with Gasteiger partial charge in [-0.05, 0) is 31.1 Å². The Hall–Kier alpha value is -1.42. The second-order valence-corrected chi connectivity index (χ2v) is 5.93. The molecule has 3 nitrogen and oxygen atoms in total. The summed E-state index contributed by atoms with van der Waals surface area (Å²) < 4.78 is 24.2. The number of hydrogen-bond donors (Lipinski definition) is 0. The third-order valence-corrected chi connectivity index (χ3v) is 4.64. The highest BCUT2D eigenvalue weighted by molar-refractivity contribution is 7.96. The van der Waals surface area contributed by atoms with E-state index in [0.717, 1.165) is 5.56 Å². The van der Waals surface area contributed by atoms with E-state index in [1.54, 1.807) is 25.1 Å². The number of allylic oxidation sites excluding steroid dienone is 1. The number of benzene rings is 1. The Morgan fingerprint density at radius 1 is 1.31 bits per heavy atom. The highest BCUT2D eigenvalue weighted by Crippen LogP contribution is 2.36. The van der Waals surface area contributed by atoms with Crippen molar-refractivity contribution in [2.45, 2.75) is 25.2 Å². The van der Waals surface area contributed by atoms with Crippen LogP contribution < -0.4 is 0 Å². The minimum Gasteiger partial charge on any atom is -0.300 e. The normalized spacial score (nSPS) is 16.8. The topological polar surface area (TPSA) is 51.2 Å². The fourth-order valence-corrected chi connectivity index (χ4v) is 3.80. The number of hydrogen-bond acceptors (Lipinski definition) is 3. The maximum absolute atomic E-state index is 12.1. The summed E-state index contributed by atoms with van der Waals surface area (Å²) in [6, 6.07) is 5.34. The van der Waals surface area contributed by atoms with Gasteiger partial charge in [0.2, 0.25) is 9.84 Å². The zero-order valence-electron chi connectivity index (χ0n) is 9.15. The first kappa shape index (κ1) is 11.1. The Labute approximate surface area is 94.7 Å². The molecule has 0 unspecified atom stereocenters. The lowest BCUT2D eigenvalue weighted by atomic mass is 10.1. The quantitative estimate of drug-likeness (QED) is 0.790. The molecule has 0 aliphatic carbocycles. The van der Waals surface area contributed by atoms with Crippen LogP contribution in [0, 0.1) is 6.92 Å². The lowest BCUT2D eigenvalue weighted by Gasteiger charge is -2.04. The van der Waals surface area contributed by atoms with Crippen molar-refractivity contribution in [3.8, 4) is 0 Å². The number of carbonyl (C=O) groups excluding carboxylic acids is 1. The minimum absolute atomic E-state index is 0.0174. The van der Waals surface area contributed by atoms with Gasteiger partial charge in [0.15, 0.2) is 0 Å². The van der Waals surface area contributed by atoms with Crippen LogP contribution in [0.3, 0.4) is 0 Å². The zero-order valence-corrected chi connectivity index (χ0v) is 9.97. The van der Waals surface area contributed by atoms with Gasteiger partial charge in [-0.2, -0.15) is 0 Å². The number of carbonyl (C=O) groups is 1. The summed E-state index contributed by atoms with van der Waals surface area (Å²) in [6.45, 7) is 3.16. The van der Waals surface area contributed by atoms with Crippen LogP contribution in [-0.4, -0.2) is 14.2 Å². The molecule has 0 amide bonds. The zero-order chi connectivity index (χ0) is 11.9. The first-order valence-electron chi connectivity index (χ1n) is 4.97. The van der Waals surface area contributed by atoms with E-state index >= 15 is 0 Å². The molecule has 4 heteroatoms. The maximum Gasteiger partial charge on any atom is 0.204 e. The molecule has 0 spiro atoms. The molecule has 1 aromatic carbocycles. The molecule has 1 aliphatic heterocycles. The minimum atomic E-state index is -3.43. The van der Waals surface area contributed by atoms with Crippen LogP contribution in [0.1, 0.15) is 24.5 Å². The summed E-state index contributed by atoms with van der Waals surface area (Å²) in [7, 11) is -3.43. The second kappa shape index (κ2) is 3.56. The lowest BCUT2D eigenvalue weighted by molar-refractivity contribution is -0.116. The van der Waals surface area contributed by atoms with Gasteiger partial charge in [-0.25, -0.2) is 8.42 Å². The van der Waals surface area contributed by atoms with Crippen LogP contribution in [0.25, 0.3) is 6.08 Å². The molecule has 1 aromatic rings. The number of rotatable bonds is 2. The van der Waals surface area contributed by atoms with E-state index in [0.29, 0.717) is 10.5 Å². The number of sulfone groups is 1. The van der Waals surface area contributed by atoms with Gasteiger partial charge in [0.1, 0.15) is 5.78 Å². The summed E-state index contributed by atoms with van der Waals surface area (Å²) in [5.41, 5.74) is 1.42. The first-order valence-corrected chi connectivity index (χ1v) is 6.46. The summed E-state index contributed by atoms with van der Waals surface area (Å²) >= 11 is 0. The van der Waals surface area contributed by atoms with Crippen molar-refractivity contribution >= 4 is 21.7 Å². The smallest absolute Gasteiger partial charge is 0.204 e. The van der Waals surface area contributed by atoms with Crippen LogP contribution >= 0.6 is 0 Å². The van der Waals surface area contributed by atoms with Crippen molar-refractivity contribution in [3.63, 3.8) is 0 Å². The largest absolute Gasteiger partial charge is 0.300 e. The molecule has 0 bridgehead atoms. The van der Waals surface area contributed by atoms with Gasteiger partial charge >= 0.3 is 0 Å². The molecule has 0 fully saturated rings. The molecule has 16 heavy (non-hydrogen) atoms. The highest BCUT2D eigenvalue weighted by atomic mass is 32.2. The average molecular weight is 236 g/mol. The van der Waals surface area contributed by atoms with E-state index < -0.39 is 9.84 Å². The van der Waals surface area contributed by atoms with Crippen LogP contribution in [-0.2, 0) is 14.6 Å². The maximum atomic E-state index is 12.1. The Morgan fingerprint density at radius 2 is 2.00 bits per heavy atom. The first-order chi connectivity index (χ1) is 7.43. The number of Topliss-reactive ketones (excluding diaryl/α,β-unsaturated/α-hetero) is 1. The van der Waals surface area contributed by atoms with Crippen LogP contribution in [0.4, 0.5) is 0 Å². The second-order valence-electron chi connectivity index (χ2n) is 3.99. The van der Waals surface area contributed by atoms with E-state index in [2.05, 4.69) is 0 Å². The molecule has 0 radical (unpaired) electrons. The predicted molar refractivity (Wildman–Crippen MR) is 61.6 cm³/mol. The molecule has 0 atom stereocenters. The van der Waals surface area contributed by atoms with Crippen molar-refractivity contribution in [2.75, 3.05) is 0 Å². The molecule has 84 valence electrons. The predicted octanol–water partition coefficient (Wildman–Crippen LogP) is 2.10. The Bertz CT molecular complexity index is 595. The Morgan fingerprint density at radius 3 is 2.56 bits per heavy atom. The summed E-state index contributed by atoms with van der Waals surface area (Å²) in [6.07, 6.45) is 1.58. The van der Waals surface area contributed by atoms with E-state index in [4.69, 9.17) is 0 Å². The fourth-order valence-electron chi connectivity index (χ4n) is 1.93. The van der Waals surface area contributed by atoms with Crippen molar-refractivity contribution in [1.29, 1.82) is 0 Å². The van der Waals surface area contributed by atoms with E-state index in [1.807, 2.05) is 6.07 Å². The fraction of sp³-hybridized carbons (Fsp3) is 0.250. The summed E-state index contributed by atoms with van der Waals surface area (Å²) in [4.78, 5) is 11.6. The van der Waals surface area contributed by atoms with Crippen LogP contribution in [0.2, 0.25) is 0 Å². The van der Waals surface area contributed by atoms with Gasteiger partial charge in [0.05, 0.1) is 9.80 Å². The Kier molecular flexibility index (Phi) is 2.46. The molecule has 0 aromatic heterocycles. The number of fused-ring (bicyclic) bond motifs is 1. The molecule has 1 aliphatic rings. The third-order valence-electron chi connectivity index (χ3n) is 2.60. The average Bonchev–Trinajstić information content (AvgIpc) is 2.38. The molecule has 0 saturated heterocycles. The van der Waals surface area contributed by atoms with E-state index in [9.17, 15) is 13.2 Å². The highest BCUT2D eigenvalue weighted by Gasteiger charge is 2.31. The third kappa shape index (κ3) is 1.59. The molecule has 1 heterocycles. The van der Waals surface area contributed by atoms with Gasteiger partial charge in [-0.1, -0.05) is 18.2 Å². The van der Waals surface area contributed by atoms with Crippen LogP contribution in [0.5, 0.6) is 0 Å². The molecule has 0 saturated carbocycles. The molecule has 0 N–H and O–H groups in total. The molecule has 2 rings (SSSR count). The van der Waals surface area contributed by atoms with E-state index in [-0.39, 0.29) is 17.1 Å². The Balaban J connectivity index is 2.61. The SMILES string of the molecule is CC(=O)CC1=Cc2cccc(C)c2S1(=O)=O. The lowest BCUT2D eigenvalue weighted by Crippen LogP contribution is -2.05. The van der Waals surface area contributed by atoms with Gasteiger partial charge in [0.25, 0.3) is 0 Å². The summed E-state index contributed by atoms with van der Waals surface area (Å²) in [5, 5.41) is 0. The van der Waals surface area contributed by atoms with Crippen LogP contribution in [0.15, 0.2) is 28.0 Å². The number of aryl methyl sites for hydroxylation is 1. The standard InChI is InChI=1S/C12H12O3S/c1-8-4-3-5-10-7-11(6-9(2)13)16(14,15)12(8)10/h3-5,7H,6H2,1-2H3. The number of ketones is 1. The van der Waals surface area contributed by atoms with Gasteiger partial charge in [0, 0.05) is 6.42 Å². The van der Waals surface area contributed by atoms with Crippen molar-refractivity contribution in [1.82, 2.24) is 0 Å². The van der Waals surface area contributed by atoms with Crippen molar-refractivity contribution < 1.29 is 13.2 Å². The van der Waals surface area contributed by atoms with Crippen molar-refractivity contribution in [2.24, 2.45) is 0 Å².